The smallest absolute Gasteiger partial charge is 0.337 e. The Morgan fingerprint density at radius 3 is 2.36 bits per heavy atom. The van der Waals surface area contributed by atoms with Gasteiger partial charge in [0.25, 0.3) is 6.01 Å². The normalized spacial score (nSPS) is 10.5. The van der Waals surface area contributed by atoms with Crippen LogP contribution in [0.3, 0.4) is 0 Å². The van der Waals surface area contributed by atoms with Gasteiger partial charge in [0.15, 0.2) is 5.96 Å². The molecule has 0 bridgehead atoms. The third-order valence-corrected chi connectivity index (χ3v) is 6.01. The number of fused-ring (bicyclic) bond motifs is 1. The van der Waals surface area contributed by atoms with E-state index >= 15 is 0 Å². The molecule has 0 amide bonds. The van der Waals surface area contributed by atoms with Crippen LogP contribution in [0, 0.1) is 5.41 Å². The van der Waals surface area contributed by atoms with Gasteiger partial charge in [-0.05, 0) is 41.0 Å². The lowest BCUT2D eigenvalue weighted by atomic mass is 9.98. The zero-order valence-electron chi connectivity index (χ0n) is 23.3. The van der Waals surface area contributed by atoms with E-state index in [1.807, 2.05) is 60.0 Å². The Bertz CT molecular complexity index is 1710. The summed E-state index contributed by atoms with van der Waals surface area (Å²) in [6, 6.07) is 21.4. The predicted octanol–water partition coefficient (Wildman–Crippen LogP) is 2.78. The van der Waals surface area contributed by atoms with E-state index in [0.29, 0.717) is 36.0 Å². The number of guanidine groups is 2. The zero-order valence-corrected chi connectivity index (χ0v) is 23.3. The van der Waals surface area contributed by atoms with Crippen molar-refractivity contribution in [2.24, 2.45) is 16.5 Å². The third-order valence-electron chi connectivity index (χ3n) is 6.01. The predicted molar refractivity (Wildman–Crippen MR) is 159 cm³/mol. The molecule has 5 aromatic rings. The first-order valence-corrected chi connectivity index (χ1v) is 12.8. The van der Waals surface area contributed by atoms with Gasteiger partial charge in [-0.1, -0.05) is 54.6 Å². The Kier molecular flexibility index (Phi) is 9.07. The number of para-hydroxylation sites is 1. The number of carbonyl (C=O) groups is 1. The van der Waals surface area contributed by atoms with E-state index in [0.717, 1.165) is 22.3 Å². The Morgan fingerprint density at radius 1 is 1.07 bits per heavy atom. The number of carboxylic acid groups (broad SMARTS) is 1. The van der Waals surface area contributed by atoms with E-state index in [2.05, 4.69) is 30.6 Å². The SMILES string of the molecule is CCOc1nc2cccc(C(=O)O)c2n1Cc1ccc(-c2ccccc2-c2nn[nH]n2)cc1.CN(C)C(=N)N=C(N)N. The number of aliphatic imine (C=N–C) groups is 1. The average molecular weight is 570 g/mol. The molecular weight excluding hydrogens is 538 g/mol. The monoisotopic (exact) mass is 569 g/mol. The molecule has 216 valence electrons. The molecule has 2 aromatic heterocycles. The van der Waals surface area contributed by atoms with E-state index in [9.17, 15) is 9.90 Å². The van der Waals surface area contributed by atoms with E-state index < -0.39 is 5.97 Å². The van der Waals surface area contributed by atoms with Gasteiger partial charge in [-0.15, -0.1) is 10.2 Å². The van der Waals surface area contributed by atoms with Crippen molar-refractivity contribution in [1.29, 1.82) is 5.41 Å². The van der Waals surface area contributed by atoms with Crippen LogP contribution in [0.1, 0.15) is 22.8 Å². The van der Waals surface area contributed by atoms with Crippen LogP contribution in [0.25, 0.3) is 33.5 Å². The fraction of sp³-hybridized carbons (Fsp3) is 0.179. The van der Waals surface area contributed by atoms with Crippen molar-refractivity contribution in [3.63, 3.8) is 0 Å². The zero-order chi connectivity index (χ0) is 30.2. The summed E-state index contributed by atoms with van der Waals surface area (Å²) in [5, 5.41) is 31.1. The van der Waals surface area contributed by atoms with E-state index in [1.165, 1.54) is 4.90 Å². The molecule has 7 N–H and O–H groups in total. The lowest BCUT2D eigenvalue weighted by Gasteiger charge is -2.12. The minimum atomic E-state index is -1.00. The van der Waals surface area contributed by atoms with Crippen molar-refractivity contribution in [2.45, 2.75) is 13.5 Å². The Balaban J connectivity index is 0.000000392. The number of benzene rings is 3. The second-order valence-electron chi connectivity index (χ2n) is 9.12. The lowest BCUT2D eigenvalue weighted by Crippen LogP contribution is -2.28. The highest BCUT2D eigenvalue weighted by molar-refractivity contribution is 6.01. The molecule has 42 heavy (non-hydrogen) atoms. The van der Waals surface area contributed by atoms with E-state index in [4.69, 9.17) is 21.6 Å². The number of nitrogens with one attached hydrogen (secondary N) is 2. The topological polar surface area (TPSA) is 210 Å². The number of H-pyrrole nitrogens is 1. The number of hydrogen-bond donors (Lipinski definition) is 5. The van der Waals surface area contributed by atoms with Crippen molar-refractivity contribution >= 4 is 28.9 Å². The average Bonchev–Trinajstić information content (AvgIpc) is 3.62. The highest BCUT2D eigenvalue weighted by Crippen LogP contribution is 2.31. The van der Waals surface area contributed by atoms with Crippen molar-refractivity contribution in [3.8, 4) is 28.5 Å². The Labute approximate surface area is 241 Å². The number of carboxylic acids is 1. The first kappa shape index (κ1) is 29.2. The van der Waals surface area contributed by atoms with Crippen LogP contribution in [0.2, 0.25) is 0 Å². The van der Waals surface area contributed by atoms with Gasteiger partial charge in [-0.25, -0.2) is 4.79 Å². The molecule has 0 aliphatic heterocycles. The number of aromatic nitrogens is 6. The minimum absolute atomic E-state index is 0.0509. The van der Waals surface area contributed by atoms with Gasteiger partial charge in [-0.3, -0.25) is 9.98 Å². The molecule has 0 saturated heterocycles. The highest BCUT2D eigenvalue weighted by atomic mass is 16.5. The van der Waals surface area contributed by atoms with Crippen LogP contribution in [-0.4, -0.2) is 78.8 Å². The van der Waals surface area contributed by atoms with Crippen molar-refractivity contribution in [2.75, 3.05) is 20.7 Å². The first-order valence-electron chi connectivity index (χ1n) is 12.8. The molecule has 0 aliphatic carbocycles. The molecule has 2 heterocycles. The van der Waals surface area contributed by atoms with Crippen LogP contribution >= 0.6 is 0 Å². The fourth-order valence-corrected chi connectivity index (χ4v) is 4.12. The van der Waals surface area contributed by atoms with Crippen LogP contribution in [-0.2, 0) is 6.54 Å². The van der Waals surface area contributed by atoms with Gasteiger partial charge in [-0.2, -0.15) is 15.2 Å². The molecule has 14 nitrogen and oxygen atoms in total. The van der Waals surface area contributed by atoms with Gasteiger partial charge in [0.1, 0.15) is 0 Å². The number of aromatic carboxylic acids is 1. The number of rotatable bonds is 7. The van der Waals surface area contributed by atoms with Crippen molar-refractivity contribution in [1.82, 2.24) is 35.1 Å². The summed E-state index contributed by atoms with van der Waals surface area (Å²) in [6.07, 6.45) is 0. The molecule has 0 spiro atoms. The largest absolute Gasteiger partial charge is 0.478 e. The summed E-state index contributed by atoms with van der Waals surface area (Å²) < 4.78 is 7.53. The number of tetrazole rings is 1. The van der Waals surface area contributed by atoms with Gasteiger partial charge >= 0.3 is 5.97 Å². The van der Waals surface area contributed by atoms with Crippen molar-refractivity contribution < 1.29 is 14.6 Å². The number of hydrogen-bond acceptors (Lipinski definition) is 7. The molecule has 5 rings (SSSR count). The first-order chi connectivity index (χ1) is 20.2. The number of ether oxygens (including phenoxy) is 1. The van der Waals surface area contributed by atoms with Gasteiger partial charge in [0.2, 0.25) is 11.8 Å². The number of imidazole rings is 1. The minimum Gasteiger partial charge on any atom is -0.478 e. The van der Waals surface area contributed by atoms with Gasteiger partial charge in [0.05, 0.1) is 29.7 Å². The Morgan fingerprint density at radius 2 is 1.79 bits per heavy atom. The summed E-state index contributed by atoms with van der Waals surface area (Å²) >= 11 is 0. The quantitative estimate of drug-likeness (QED) is 0.143. The number of nitrogens with zero attached hydrogens (tertiary/aromatic N) is 7. The summed E-state index contributed by atoms with van der Waals surface area (Å²) in [7, 11) is 3.38. The van der Waals surface area contributed by atoms with Crippen LogP contribution in [0.15, 0.2) is 71.7 Å². The standard InChI is InChI=1S/C24H20N6O3.C4H11N5/c1-2-33-24-25-20-9-5-8-19(23(31)32)21(20)30(24)14-15-10-12-16(13-11-15)17-6-3-4-7-18(17)22-26-28-29-27-22;1-9(2)4(7)8-3(5)6/h3-13H,2,14H2,1H3,(H,31,32)(H,26,27,28,29);1-2H3,(H5,5,6,7,8). The summed E-state index contributed by atoms with van der Waals surface area (Å²) in [5.74, 6) is -0.510. The molecule has 0 atom stereocenters. The Hall–Kier alpha value is -5.79. The summed E-state index contributed by atoms with van der Waals surface area (Å²) in [6.45, 7) is 2.72. The molecule has 3 aromatic carbocycles. The van der Waals surface area contributed by atoms with Crippen LogP contribution in [0.5, 0.6) is 6.01 Å². The number of nitrogens with two attached hydrogens (primary N) is 2. The maximum Gasteiger partial charge on any atom is 0.337 e. The van der Waals surface area contributed by atoms with Crippen LogP contribution < -0.4 is 16.2 Å². The fourth-order valence-electron chi connectivity index (χ4n) is 4.12. The maximum absolute atomic E-state index is 11.8. The molecular formula is C28H31N11O3. The molecule has 0 aliphatic rings. The molecule has 0 fully saturated rings. The van der Waals surface area contributed by atoms with Crippen molar-refractivity contribution in [3.05, 3.63) is 77.9 Å². The highest BCUT2D eigenvalue weighted by Gasteiger charge is 2.19. The van der Waals surface area contributed by atoms with Gasteiger partial charge < -0.3 is 26.2 Å². The molecule has 0 unspecified atom stereocenters. The second kappa shape index (κ2) is 13.0. The summed E-state index contributed by atoms with van der Waals surface area (Å²) in [4.78, 5) is 21.3. The maximum atomic E-state index is 11.8. The lowest BCUT2D eigenvalue weighted by molar-refractivity contribution is 0.0698. The van der Waals surface area contributed by atoms with Gasteiger partial charge in [0, 0.05) is 19.7 Å². The molecule has 0 saturated carbocycles. The molecule has 14 heteroatoms. The third kappa shape index (κ3) is 6.67. The summed E-state index contributed by atoms with van der Waals surface area (Å²) in [5.41, 5.74) is 15.2. The van der Waals surface area contributed by atoms with E-state index in [-0.39, 0.29) is 17.5 Å². The number of aromatic amines is 1. The molecule has 0 radical (unpaired) electrons. The second-order valence-corrected chi connectivity index (χ2v) is 9.12. The van der Waals surface area contributed by atoms with E-state index in [1.54, 1.807) is 32.3 Å². The van der Waals surface area contributed by atoms with Crippen LogP contribution in [0.4, 0.5) is 0 Å².